The van der Waals surface area contributed by atoms with Gasteiger partial charge in [-0.15, -0.1) is 0 Å². The van der Waals surface area contributed by atoms with Gasteiger partial charge in [0.2, 0.25) is 10.0 Å². The monoisotopic (exact) mass is 490 g/mol. The van der Waals surface area contributed by atoms with Crippen molar-refractivity contribution in [2.45, 2.75) is 39.9 Å². The first-order chi connectivity index (χ1) is 15.8. The molecule has 1 unspecified atom stereocenters. The molecule has 2 aromatic rings. The zero-order valence-electron chi connectivity index (χ0n) is 19.1. The van der Waals surface area contributed by atoms with Crippen molar-refractivity contribution >= 4 is 21.8 Å². The average molecular weight is 491 g/mol. The number of fused-ring (bicyclic) bond motifs is 2. The summed E-state index contributed by atoms with van der Waals surface area (Å²) in [6.07, 6.45) is 7.36. The molecule has 0 radical (unpaired) electrons. The molecule has 0 bridgehead atoms. The van der Waals surface area contributed by atoms with Crippen LogP contribution in [0.15, 0.2) is 63.2 Å². The van der Waals surface area contributed by atoms with Crippen molar-refractivity contribution < 1.29 is 17.9 Å². The molecule has 8 heteroatoms. The van der Waals surface area contributed by atoms with Gasteiger partial charge in [-0.3, -0.25) is 4.90 Å². The Morgan fingerprint density at radius 1 is 1.12 bits per heavy atom. The number of benzene rings is 2. The number of aliphatic hydroxyl groups excluding tert-OH is 1. The predicted molar refractivity (Wildman–Crippen MR) is 130 cm³/mol. The Balaban J connectivity index is 1.61. The molecule has 5 nitrogen and oxygen atoms in total. The summed E-state index contributed by atoms with van der Waals surface area (Å²) in [5.74, 6) is 0.197. The number of nitrogens with zero attached hydrogens (tertiary/aromatic N) is 2. The number of halogens is 1. The van der Waals surface area contributed by atoms with Crippen molar-refractivity contribution in [1.82, 2.24) is 9.21 Å². The zero-order valence-corrected chi connectivity index (χ0v) is 20.7. The van der Waals surface area contributed by atoms with Gasteiger partial charge in [0.25, 0.3) is 0 Å². The normalized spacial score (nSPS) is 19.7. The summed E-state index contributed by atoms with van der Waals surface area (Å²) in [5.41, 5.74) is 1.92. The van der Waals surface area contributed by atoms with Crippen LogP contribution >= 0.6 is 11.8 Å². The fourth-order valence-corrected chi connectivity index (χ4v) is 6.67. The van der Waals surface area contributed by atoms with Crippen LogP contribution in [0.4, 0.5) is 4.39 Å². The van der Waals surface area contributed by atoms with Crippen LogP contribution in [0.1, 0.15) is 36.3 Å². The van der Waals surface area contributed by atoms with E-state index in [0.717, 1.165) is 59.8 Å². The van der Waals surface area contributed by atoms with Gasteiger partial charge in [0, 0.05) is 43.0 Å². The molecule has 0 aliphatic carbocycles. The molecule has 2 heterocycles. The molecule has 0 spiro atoms. The number of rotatable bonds is 7. The van der Waals surface area contributed by atoms with E-state index in [1.807, 2.05) is 12.1 Å². The van der Waals surface area contributed by atoms with E-state index in [4.69, 9.17) is 5.11 Å². The van der Waals surface area contributed by atoms with Gasteiger partial charge >= 0.3 is 0 Å². The van der Waals surface area contributed by atoms with Crippen molar-refractivity contribution in [2.75, 3.05) is 40.3 Å². The fraction of sp³-hybridized carbons (Fsp3) is 0.440. The molecule has 33 heavy (non-hydrogen) atoms. The van der Waals surface area contributed by atoms with Crippen LogP contribution in [0.5, 0.6) is 0 Å². The first-order valence-corrected chi connectivity index (χ1v) is 13.6. The van der Waals surface area contributed by atoms with E-state index < -0.39 is 10.0 Å². The van der Waals surface area contributed by atoms with E-state index in [9.17, 15) is 12.8 Å². The van der Waals surface area contributed by atoms with Gasteiger partial charge in [0.15, 0.2) is 0 Å². The summed E-state index contributed by atoms with van der Waals surface area (Å²) in [6, 6.07) is 10.1. The number of allylic oxidation sites excluding steroid dienone is 1. The van der Waals surface area contributed by atoms with Crippen LogP contribution < -0.4 is 0 Å². The first kappa shape index (κ1) is 24.4. The molecule has 0 amide bonds. The molecule has 1 N–H and O–H groups in total. The van der Waals surface area contributed by atoms with Gasteiger partial charge in [0.1, 0.15) is 5.82 Å². The third-order valence-corrected chi connectivity index (χ3v) is 9.54. The smallest absolute Gasteiger partial charge is 0.242 e. The third-order valence-electron chi connectivity index (χ3n) is 6.56. The third kappa shape index (κ3) is 5.35. The van der Waals surface area contributed by atoms with Crippen LogP contribution in [0.3, 0.4) is 0 Å². The van der Waals surface area contributed by atoms with E-state index in [0.29, 0.717) is 5.92 Å². The lowest BCUT2D eigenvalue weighted by Crippen LogP contribution is -2.34. The van der Waals surface area contributed by atoms with Crippen LogP contribution in [-0.2, 0) is 10.0 Å². The minimum absolute atomic E-state index is 0.138. The second-order valence-corrected chi connectivity index (χ2v) is 12.2. The van der Waals surface area contributed by atoms with Crippen molar-refractivity contribution in [3.63, 3.8) is 0 Å². The molecule has 1 fully saturated rings. The van der Waals surface area contributed by atoms with Crippen molar-refractivity contribution in [2.24, 2.45) is 5.92 Å². The molecule has 0 aromatic heterocycles. The molecule has 4 rings (SSSR count). The summed E-state index contributed by atoms with van der Waals surface area (Å²) in [4.78, 5) is 4.48. The number of hydrogen-bond acceptors (Lipinski definition) is 5. The van der Waals surface area contributed by atoms with Gasteiger partial charge in [-0.05, 0) is 79.7 Å². The molecule has 2 aromatic carbocycles. The highest BCUT2D eigenvalue weighted by Gasteiger charge is 2.28. The van der Waals surface area contributed by atoms with E-state index >= 15 is 0 Å². The van der Waals surface area contributed by atoms with Crippen LogP contribution in [-0.4, -0.2) is 63.1 Å². The maximum Gasteiger partial charge on any atom is 0.242 e. The maximum absolute atomic E-state index is 13.9. The van der Waals surface area contributed by atoms with Gasteiger partial charge in [0.05, 0.1) is 4.90 Å². The highest BCUT2D eigenvalue weighted by atomic mass is 32.2. The SMILES string of the molecule is CN(C)S(=O)(=O)c1ccc2c(c1)C(C=CCN1CCC(CCO)CC1)c1ccc(F)cc1S2. The van der Waals surface area contributed by atoms with E-state index in [1.165, 1.54) is 36.2 Å². The molecule has 1 atom stereocenters. The first-order valence-electron chi connectivity index (χ1n) is 11.3. The summed E-state index contributed by atoms with van der Waals surface area (Å²) in [5, 5.41) is 9.16. The molecule has 2 aliphatic heterocycles. The van der Waals surface area contributed by atoms with Crippen molar-refractivity contribution in [3.05, 3.63) is 65.5 Å². The number of aliphatic hydroxyl groups is 1. The highest BCUT2D eigenvalue weighted by Crippen LogP contribution is 2.47. The lowest BCUT2D eigenvalue weighted by molar-refractivity contribution is 0.169. The Kier molecular flexibility index (Phi) is 7.60. The average Bonchev–Trinajstić information content (AvgIpc) is 2.79. The molecule has 2 aliphatic rings. The topological polar surface area (TPSA) is 60.9 Å². The molecule has 0 saturated carbocycles. The van der Waals surface area contributed by atoms with Crippen LogP contribution in [0, 0.1) is 11.7 Å². The Bertz CT molecular complexity index is 1130. The van der Waals surface area contributed by atoms with Gasteiger partial charge in [-0.1, -0.05) is 30.0 Å². The number of likely N-dealkylation sites (tertiary alicyclic amines) is 1. The number of hydrogen-bond donors (Lipinski definition) is 1. The van der Waals surface area contributed by atoms with Gasteiger partial charge in [-0.2, -0.15) is 0 Å². The predicted octanol–water partition coefficient (Wildman–Crippen LogP) is 4.32. The maximum atomic E-state index is 13.9. The number of piperidine rings is 1. The van der Waals surface area contributed by atoms with Crippen molar-refractivity contribution in [1.29, 1.82) is 0 Å². The Morgan fingerprint density at radius 2 is 1.88 bits per heavy atom. The molecular weight excluding hydrogens is 459 g/mol. The minimum atomic E-state index is -3.55. The molecule has 178 valence electrons. The summed E-state index contributed by atoms with van der Waals surface area (Å²) >= 11 is 1.48. The minimum Gasteiger partial charge on any atom is -0.396 e. The lowest BCUT2D eigenvalue weighted by atomic mass is 9.90. The number of sulfonamides is 1. The highest BCUT2D eigenvalue weighted by molar-refractivity contribution is 7.99. The summed E-state index contributed by atoms with van der Waals surface area (Å²) in [7, 11) is -0.491. The Morgan fingerprint density at radius 3 is 2.58 bits per heavy atom. The molecule has 1 saturated heterocycles. The quantitative estimate of drug-likeness (QED) is 0.586. The summed E-state index contributed by atoms with van der Waals surface area (Å²) < 4.78 is 40.6. The Hall–Kier alpha value is -1.71. The van der Waals surface area contributed by atoms with E-state index in [1.54, 1.807) is 18.2 Å². The standard InChI is InChI=1S/C25H31FN2O3S2/c1-27(2)33(30,31)20-6-8-24-23(17-20)21(22-7-5-19(26)16-25(22)32-24)4-3-12-28-13-9-18(10-14-28)11-15-29/h3-8,16-18,21,29H,9-15H2,1-2H3. The van der Waals surface area contributed by atoms with Crippen LogP contribution in [0.2, 0.25) is 0 Å². The largest absolute Gasteiger partial charge is 0.396 e. The van der Waals surface area contributed by atoms with E-state index in [-0.39, 0.29) is 23.2 Å². The summed E-state index contributed by atoms with van der Waals surface area (Å²) in [6.45, 7) is 3.10. The van der Waals surface area contributed by atoms with Gasteiger partial charge in [-0.25, -0.2) is 17.1 Å². The lowest BCUT2D eigenvalue weighted by Gasteiger charge is -2.31. The second-order valence-electron chi connectivity index (χ2n) is 8.93. The zero-order chi connectivity index (χ0) is 23.6. The van der Waals surface area contributed by atoms with E-state index in [2.05, 4.69) is 17.1 Å². The Labute approximate surface area is 200 Å². The van der Waals surface area contributed by atoms with Gasteiger partial charge < -0.3 is 5.11 Å². The fourth-order valence-electron chi connectivity index (χ4n) is 4.57. The second kappa shape index (κ2) is 10.3. The molecular formula is C25H31FN2O3S2. The van der Waals surface area contributed by atoms with Crippen molar-refractivity contribution in [3.8, 4) is 0 Å². The van der Waals surface area contributed by atoms with Crippen LogP contribution in [0.25, 0.3) is 0 Å².